The Morgan fingerprint density at radius 2 is 1.93 bits per heavy atom. The Morgan fingerprint density at radius 1 is 1.07 bits per heavy atom. The minimum atomic E-state index is -0.390. The van der Waals surface area contributed by atoms with Crippen LogP contribution in [-0.2, 0) is 17.8 Å². The first-order chi connectivity index (χ1) is 13.7. The third kappa shape index (κ3) is 4.20. The van der Waals surface area contributed by atoms with Crippen molar-refractivity contribution in [1.82, 2.24) is 4.98 Å². The van der Waals surface area contributed by atoms with E-state index in [1.807, 2.05) is 18.2 Å². The molecule has 6 nitrogen and oxygen atoms in total. The second kappa shape index (κ2) is 7.96. The average molecular weight is 379 g/mol. The van der Waals surface area contributed by atoms with Crippen molar-refractivity contribution in [3.63, 3.8) is 0 Å². The van der Waals surface area contributed by atoms with Crippen molar-refractivity contribution in [2.75, 3.05) is 17.4 Å². The largest absolute Gasteiger partial charge is 0.454 e. The fourth-order valence-corrected chi connectivity index (χ4v) is 2.84. The van der Waals surface area contributed by atoms with E-state index in [9.17, 15) is 9.18 Å². The molecule has 7 heteroatoms. The zero-order valence-electron chi connectivity index (χ0n) is 14.9. The van der Waals surface area contributed by atoms with Crippen molar-refractivity contribution < 1.29 is 18.7 Å². The van der Waals surface area contributed by atoms with Crippen molar-refractivity contribution in [3.8, 4) is 11.5 Å². The molecule has 1 aliphatic rings. The van der Waals surface area contributed by atoms with E-state index in [1.165, 1.54) is 6.07 Å². The van der Waals surface area contributed by atoms with E-state index in [0.29, 0.717) is 23.6 Å². The Hall–Kier alpha value is -3.61. The molecule has 0 saturated carbocycles. The molecule has 142 valence electrons. The monoisotopic (exact) mass is 379 g/mol. The zero-order valence-corrected chi connectivity index (χ0v) is 14.9. The molecule has 2 heterocycles. The first kappa shape index (κ1) is 17.8. The Balaban J connectivity index is 1.31. The number of ether oxygens (including phenoxy) is 2. The minimum absolute atomic E-state index is 0.0310. The summed E-state index contributed by atoms with van der Waals surface area (Å²) in [6, 6.07) is 15.5. The molecule has 0 bridgehead atoms. The van der Waals surface area contributed by atoms with E-state index < -0.39 is 0 Å². The maximum Gasteiger partial charge on any atom is 0.231 e. The highest BCUT2D eigenvalue weighted by Gasteiger charge is 2.13. The Bertz CT molecular complexity index is 992. The minimum Gasteiger partial charge on any atom is -0.454 e. The predicted molar refractivity (Wildman–Crippen MR) is 103 cm³/mol. The van der Waals surface area contributed by atoms with Crippen LogP contribution in [0.15, 0.2) is 60.8 Å². The predicted octanol–water partition coefficient (Wildman–Crippen LogP) is 3.74. The quantitative estimate of drug-likeness (QED) is 0.683. The third-order valence-electron chi connectivity index (χ3n) is 4.27. The van der Waals surface area contributed by atoms with Crippen LogP contribution in [0.2, 0.25) is 0 Å². The maximum atomic E-state index is 13.6. The van der Waals surface area contributed by atoms with Crippen LogP contribution in [-0.4, -0.2) is 17.7 Å². The van der Waals surface area contributed by atoms with Crippen LogP contribution in [0.25, 0.3) is 0 Å². The number of halogens is 1. The average Bonchev–Trinajstić information content (AvgIpc) is 3.17. The number of pyridine rings is 1. The van der Waals surface area contributed by atoms with Gasteiger partial charge in [-0.3, -0.25) is 4.79 Å². The van der Waals surface area contributed by atoms with E-state index >= 15 is 0 Å². The lowest BCUT2D eigenvalue weighted by Crippen LogP contribution is -2.15. The van der Waals surface area contributed by atoms with E-state index in [0.717, 1.165) is 17.1 Å². The number of nitrogens with one attached hydrogen (secondary N) is 2. The van der Waals surface area contributed by atoms with Gasteiger partial charge in [0.1, 0.15) is 11.6 Å². The molecular weight excluding hydrogens is 361 g/mol. The van der Waals surface area contributed by atoms with Crippen LogP contribution < -0.4 is 20.1 Å². The van der Waals surface area contributed by atoms with Gasteiger partial charge in [-0.15, -0.1) is 0 Å². The number of benzene rings is 2. The summed E-state index contributed by atoms with van der Waals surface area (Å²) in [6.45, 7) is 0.820. The van der Waals surface area contributed by atoms with Gasteiger partial charge in [-0.05, 0) is 41.5 Å². The van der Waals surface area contributed by atoms with Crippen LogP contribution in [0.5, 0.6) is 11.5 Å². The van der Waals surface area contributed by atoms with E-state index in [4.69, 9.17) is 9.47 Å². The van der Waals surface area contributed by atoms with Crippen LogP contribution >= 0.6 is 0 Å². The zero-order chi connectivity index (χ0) is 19.3. The SMILES string of the molecule is O=C(Cc1ccccc1F)Nc1ccc(NCc2ccc3c(c2)OCO3)nc1. The van der Waals surface area contributed by atoms with Gasteiger partial charge in [-0.2, -0.15) is 0 Å². The molecule has 0 saturated heterocycles. The van der Waals surface area contributed by atoms with Gasteiger partial charge in [0.2, 0.25) is 12.7 Å². The fraction of sp³-hybridized carbons (Fsp3) is 0.143. The van der Waals surface area contributed by atoms with Gasteiger partial charge in [0, 0.05) is 6.54 Å². The number of carbonyl (C=O) groups excluding carboxylic acids is 1. The van der Waals surface area contributed by atoms with Crippen LogP contribution in [0, 0.1) is 5.82 Å². The molecule has 1 aliphatic heterocycles. The highest BCUT2D eigenvalue weighted by atomic mass is 19.1. The number of carbonyl (C=O) groups is 1. The molecule has 2 aromatic carbocycles. The van der Waals surface area contributed by atoms with Crippen molar-refractivity contribution in [1.29, 1.82) is 0 Å². The lowest BCUT2D eigenvalue weighted by atomic mass is 10.1. The third-order valence-corrected chi connectivity index (χ3v) is 4.27. The summed E-state index contributed by atoms with van der Waals surface area (Å²) in [7, 11) is 0. The smallest absolute Gasteiger partial charge is 0.231 e. The van der Waals surface area contributed by atoms with Crippen LogP contribution in [0.1, 0.15) is 11.1 Å². The molecule has 0 unspecified atom stereocenters. The molecular formula is C21H18FN3O3. The summed E-state index contributed by atoms with van der Waals surface area (Å²) >= 11 is 0. The topological polar surface area (TPSA) is 72.5 Å². The molecule has 0 spiro atoms. The highest BCUT2D eigenvalue weighted by molar-refractivity contribution is 5.92. The number of amides is 1. The maximum absolute atomic E-state index is 13.6. The summed E-state index contributed by atoms with van der Waals surface area (Å²) in [5.74, 6) is 1.47. The highest BCUT2D eigenvalue weighted by Crippen LogP contribution is 2.32. The molecule has 1 aromatic heterocycles. The number of nitrogens with zero attached hydrogens (tertiary/aromatic N) is 1. The summed E-state index contributed by atoms with van der Waals surface area (Å²) in [5, 5.41) is 5.93. The normalized spacial score (nSPS) is 11.9. The number of rotatable bonds is 6. The molecule has 28 heavy (non-hydrogen) atoms. The molecule has 0 aliphatic carbocycles. The van der Waals surface area contributed by atoms with E-state index in [1.54, 1.807) is 36.5 Å². The standard InChI is InChI=1S/C21H18FN3O3/c22-17-4-2-1-3-15(17)10-21(26)25-16-6-8-20(24-12-16)23-11-14-5-7-18-19(9-14)28-13-27-18/h1-9,12H,10-11,13H2,(H,23,24)(H,25,26). The van der Waals surface area contributed by atoms with Gasteiger partial charge in [0.05, 0.1) is 18.3 Å². The van der Waals surface area contributed by atoms with Crippen LogP contribution in [0.3, 0.4) is 0 Å². The van der Waals surface area contributed by atoms with E-state index in [-0.39, 0.29) is 24.9 Å². The first-order valence-electron chi connectivity index (χ1n) is 8.79. The lowest BCUT2D eigenvalue weighted by molar-refractivity contribution is -0.115. The molecule has 4 rings (SSSR count). The molecule has 0 radical (unpaired) electrons. The summed E-state index contributed by atoms with van der Waals surface area (Å²) in [5.41, 5.74) is 1.94. The van der Waals surface area contributed by atoms with Gasteiger partial charge < -0.3 is 20.1 Å². The Labute approximate surface area is 161 Å². The summed E-state index contributed by atoms with van der Waals surface area (Å²) in [4.78, 5) is 16.4. The van der Waals surface area contributed by atoms with Crippen LogP contribution in [0.4, 0.5) is 15.9 Å². The molecule has 0 fully saturated rings. The molecule has 0 atom stereocenters. The van der Waals surface area contributed by atoms with Crippen molar-refractivity contribution in [2.24, 2.45) is 0 Å². The number of hydrogen-bond acceptors (Lipinski definition) is 5. The van der Waals surface area contributed by atoms with Gasteiger partial charge in [-0.25, -0.2) is 9.37 Å². The molecule has 1 amide bonds. The number of anilines is 2. The van der Waals surface area contributed by atoms with Crippen molar-refractivity contribution >= 4 is 17.4 Å². The fourth-order valence-electron chi connectivity index (χ4n) is 2.84. The van der Waals surface area contributed by atoms with Gasteiger partial charge in [0.25, 0.3) is 0 Å². The number of aromatic nitrogens is 1. The van der Waals surface area contributed by atoms with Crippen molar-refractivity contribution in [2.45, 2.75) is 13.0 Å². The van der Waals surface area contributed by atoms with Gasteiger partial charge in [0.15, 0.2) is 11.5 Å². The van der Waals surface area contributed by atoms with Gasteiger partial charge >= 0.3 is 0 Å². The Kier molecular flexibility index (Phi) is 5.05. The summed E-state index contributed by atoms with van der Waals surface area (Å²) in [6.07, 6.45) is 1.53. The van der Waals surface area contributed by atoms with Gasteiger partial charge in [-0.1, -0.05) is 24.3 Å². The lowest BCUT2D eigenvalue weighted by Gasteiger charge is -2.09. The number of hydrogen-bond donors (Lipinski definition) is 2. The Morgan fingerprint density at radius 3 is 2.75 bits per heavy atom. The first-order valence-corrected chi connectivity index (χ1v) is 8.79. The second-order valence-electron chi connectivity index (χ2n) is 6.29. The molecule has 2 N–H and O–H groups in total. The van der Waals surface area contributed by atoms with E-state index in [2.05, 4.69) is 15.6 Å². The van der Waals surface area contributed by atoms with Crippen molar-refractivity contribution in [3.05, 3.63) is 77.7 Å². The number of fused-ring (bicyclic) bond motifs is 1. The second-order valence-corrected chi connectivity index (χ2v) is 6.29. The summed E-state index contributed by atoms with van der Waals surface area (Å²) < 4.78 is 24.3. The molecule has 3 aromatic rings.